The topological polar surface area (TPSA) is 93.7 Å². The summed E-state index contributed by atoms with van der Waals surface area (Å²) in [5.41, 5.74) is 9.29. The number of likely N-dealkylation sites (tertiary alicyclic amines) is 2. The molecule has 0 saturated carbocycles. The molecule has 8 nitrogen and oxygen atoms in total. The number of hydrogen-bond acceptors (Lipinski definition) is 5. The van der Waals surface area contributed by atoms with Crippen LogP contribution in [0.25, 0.3) is 21.8 Å². The second-order valence-electron chi connectivity index (χ2n) is 11.1. The molecule has 3 aromatic carbocycles. The molecule has 0 bridgehead atoms. The van der Waals surface area contributed by atoms with Crippen LogP contribution in [0, 0.1) is 5.92 Å². The maximum absolute atomic E-state index is 13.8. The minimum Gasteiger partial charge on any atom is -0.385 e. The van der Waals surface area contributed by atoms with E-state index in [0.29, 0.717) is 38.3 Å². The lowest BCUT2D eigenvalue weighted by molar-refractivity contribution is -0.136. The zero-order chi connectivity index (χ0) is 27.6. The van der Waals surface area contributed by atoms with Gasteiger partial charge in [-0.2, -0.15) is 0 Å². The van der Waals surface area contributed by atoms with E-state index in [2.05, 4.69) is 16.7 Å². The highest BCUT2D eigenvalue weighted by molar-refractivity contribution is 6.07. The number of para-hydroxylation sites is 2. The van der Waals surface area contributed by atoms with Gasteiger partial charge in [0.05, 0.1) is 17.0 Å². The summed E-state index contributed by atoms with van der Waals surface area (Å²) in [7, 11) is 1.72. The predicted octanol–water partition coefficient (Wildman–Crippen LogP) is 4.03. The number of nitrogens with zero attached hydrogens (tertiary/aromatic N) is 4. The third-order valence-electron chi connectivity index (χ3n) is 8.50. The van der Waals surface area contributed by atoms with E-state index in [9.17, 15) is 9.59 Å². The van der Waals surface area contributed by atoms with Gasteiger partial charge in [-0.25, -0.2) is 4.98 Å². The zero-order valence-electron chi connectivity index (χ0n) is 23.0. The summed E-state index contributed by atoms with van der Waals surface area (Å²) >= 11 is 0. The van der Waals surface area contributed by atoms with Crippen molar-refractivity contribution < 1.29 is 14.3 Å². The van der Waals surface area contributed by atoms with Crippen molar-refractivity contribution in [2.45, 2.75) is 37.8 Å². The number of imidazole rings is 1. The Balaban J connectivity index is 1.18. The quantitative estimate of drug-likeness (QED) is 0.358. The highest BCUT2D eigenvalue weighted by Crippen LogP contribution is 2.32. The third-order valence-corrected chi connectivity index (χ3v) is 8.50. The number of carbonyl (C=O) groups excluding carboxylic acids is 2. The lowest BCUT2D eigenvalue weighted by atomic mass is 9.94. The smallest absolute Gasteiger partial charge is 0.254 e. The standard InChI is InChI=1S/C32H37N5O3/c1-40-18-8-17-37-29-15-5-4-14-28(29)34-30(37)23-11-7-16-35(19-23)32(39)26-20-36(21-27(26)33)31(38)25-13-6-10-22-9-2-3-12-24(22)25/h2-6,9-10,12-15,23,26-27H,7-8,11,16-21,33H2,1H3/t23-,26-,27-/m1/s1. The summed E-state index contributed by atoms with van der Waals surface area (Å²) in [6.45, 7) is 3.57. The van der Waals surface area contributed by atoms with Gasteiger partial charge >= 0.3 is 0 Å². The number of carbonyl (C=O) groups is 2. The molecule has 8 heteroatoms. The molecule has 3 heterocycles. The molecule has 4 aromatic rings. The van der Waals surface area contributed by atoms with E-state index >= 15 is 0 Å². The maximum Gasteiger partial charge on any atom is 0.254 e. The minimum atomic E-state index is -0.404. The minimum absolute atomic E-state index is 0.0486. The van der Waals surface area contributed by atoms with Gasteiger partial charge in [0.1, 0.15) is 5.82 Å². The number of benzene rings is 3. The molecule has 2 saturated heterocycles. The number of amides is 2. The van der Waals surface area contributed by atoms with Gasteiger partial charge in [-0.3, -0.25) is 9.59 Å². The number of methoxy groups -OCH3 is 1. The van der Waals surface area contributed by atoms with E-state index in [0.717, 1.165) is 53.4 Å². The molecule has 0 radical (unpaired) electrons. The van der Waals surface area contributed by atoms with Gasteiger partial charge in [0.15, 0.2) is 0 Å². The van der Waals surface area contributed by atoms with Crippen LogP contribution < -0.4 is 5.73 Å². The molecule has 0 unspecified atom stereocenters. The fourth-order valence-corrected chi connectivity index (χ4v) is 6.47. The van der Waals surface area contributed by atoms with Crippen molar-refractivity contribution >= 4 is 33.6 Å². The number of aryl methyl sites for hydroxylation is 1. The van der Waals surface area contributed by atoms with Crippen LogP contribution in [0.5, 0.6) is 0 Å². The molecular formula is C32H37N5O3. The van der Waals surface area contributed by atoms with Crippen LogP contribution in [0.3, 0.4) is 0 Å². The molecule has 0 spiro atoms. The van der Waals surface area contributed by atoms with Crippen molar-refractivity contribution in [2.24, 2.45) is 11.7 Å². The molecule has 3 atom stereocenters. The molecule has 2 aliphatic heterocycles. The lowest BCUT2D eigenvalue weighted by Gasteiger charge is -2.35. The molecule has 208 valence electrons. The van der Waals surface area contributed by atoms with Gasteiger partial charge in [0.2, 0.25) is 5.91 Å². The predicted molar refractivity (Wildman–Crippen MR) is 156 cm³/mol. The van der Waals surface area contributed by atoms with Gasteiger partial charge in [0, 0.05) is 64.0 Å². The van der Waals surface area contributed by atoms with E-state index in [-0.39, 0.29) is 23.8 Å². The monoisotopic (exact) mass is 539 g/mol. The van der Waals surface area contributed by atoms with E-state index in [4.69, 9.17) is 15.5 Å². The van der Waals surface area contributed by atoms with Crippen LogP contribution in [0.2, 0.25) is 0 Å². The van der Waals surface area contributed by atoms with E-state index in [1.807, 2.05) is 59.5 Å². The first kappa shape index (κ1) is 26.5. The van der Waals surface area contributed by atoms with Gasteiger partial charge in [-0.05, 0) is 48.2 Å². The van der Waals surface area contributed by atoms with Crippen LogP contribution in [-0.2, 0) is 16.1 Å². The molecule has 2 amide bonds. The van der Waals surface area contributed by atoms with Crippen LogP contribution >= 0.6 is 0 Å². The summed E-state index contributed by atoms with van der Waals surface area (Å²) in [4.78, 5) is 36.1. The van der Waals surface area contributed by atoms with Crippen LogP contribution in [0.15, 0.2) is 66.7 Å². The molecule has 0 aliphatic carbocycles. The maximum atomic E-state index is 13.8. The molecule has 1 aromatic heterocycles. The Morgan fingerprint density at radius 2 is 1.77 bits per heavy atom. The number of rotatable bonds is 7. The molecule has 2 aliphatic rings. The Morgan fingerprint density at radius 3 is 2.65 bits per heavy atom. The molecular weight excluding hydrogens is 502 g/mol. The van der Waals surface area contributed by atoms with Crippen molar-refractivity contribution in [3.8, 4) is 0 Å². The van der Waals surface area contributed by atoms with Crippen molar-refractivity contribution in [1.29, 1.82) is 0 Å². The van der Waals surface area contributed by atoms with Gasteiger partial charge in [-0.15, -0.1) is 0 Å². The van der Waals surface area contributed by atoms with Crippen LogP contribution in [0.1, 0.15) is 41.4 Å². The second-order valence-corrected chi connectivity index (χ2v) is 11.1. The van der Waals surface area contributed by atoms with Crippen LogP contribution in [-0.4, -0.2) is 77.1 Å². The summed E-state index contributed by atoms with van der Waals surface area (Å²) in [5, 5.41) is 1.95. The number of aromatic nitrogens is 2. The van der Waals surface area contributed by atoms with Gasteiger partial charge in [-0.1, -0.05) is 48.5 Å². The number of hydrogen-bond donors (Lipinski definition) is 1. The number of fused-ring (bicyclic) bond motifs is 2. The number of piperidine rings is 1. The Bertz CT molecular complexity index is 1530. The summed E-state index contributed by atoms with van der Waals surface area (Å²) in [6.07, 6.45) is 2.80. The Morgan fingerprint density at radius 1 is 0.975 bits per heavy atom. The Labute approximate surface area is 234 Å². The lowest BCUT2D eigenvalue weighted by Crippen LogP contribution is -2.47. The van der Waals surface area contributed by atoms with Gasteiger partial charge < -0.3 is 24.8 Å². The van der Waals surface area contributed by atoms with Crippen molar-refractivity contribution in [3.63, 3.8) is 0 Å². The van der Waals surface area contributed by atoms with Crippen molar-refractivity contribution in [1.82, 2.24) is 19.4 Å². The zero-order valence-corrected chi connectivity index (χ0v) is 23.0. The SMILES string of the molecule is COCCCn1c([C@@H]2CCCN(C(=O)[C@@H]3CN(C(=O)c4cccc5ccccc45)C[C@H]3N)C2)nc2ccccc21. The van der Waals surface area contributed by atoms with Crippen molar-refractivity contribution in [2.75, 3.05) is 39.9 Å². The van der Waals surface area contributed by atoms with E-state index in [1.165, 1.54) is 0 Å². The normalized spacial score (nSPS) is 21.4. The van der Waals surface area contributed by atoms with Crippen LogP contribution in [0.4, 0.5) is 0 Å². The summed E-state index contributed by atoms with van der Waals surface area (Å²) < 4.78 is 7.61. The Kier molecular flexibility index (Phi) is 7.54. The molecule has 6 rings (SSSR count). The number of nitrogens with two attached hydrogens (primary N) is 1. The average molecular weight is 540 g/mol. The summed E-state index contributed by atoms with van der Waals surface area (Å²) in [6, 6.07) is 21.5. The molecule has 2 N–H and O–H groups in total. The summed E-state index contributed by atoms with van der Waals surface area (Å²) in [5.74, 6) is 0.770. The first-order chi connectivity index (χ1) is 19.5. The van der Waals surface area contributed by atoms with Crippen molar-refractivity contribution in [3.05, 3.63) is 78.1 Å². The third kappa shape index (κ3) is 4.97. The highest BCUT2D eigenvalue weighted by Gasteiger charge is 2.41. The first-order valence-corrected chi connectivity index (χ1v) is 14.3. The molecule has 2 fully saturated rings. The fourth-order valence-electron chi connectivity index (χ4n) is 6.47. The largest absolute Gasteiger partial charge is 0.385 e. The second kappa shape index (κ2) is 11.4. The van der Waals surface area contributed by atoms with E-state index in [1.54, 1.807) is 12.0 Å². The van der Waals surface area contributed by atoms with Gasteiger partial charge in [0.25, 0.3) is 5.91 Å². The highest BCUT2D eigenvalue weighted by atomic mass is 16.5. The Hall–Kier alpha value is -3.75. The number of ether oxygens (including phenoxy) is 1. The van der Waals surface area contributed by atoms with E-state index < -0.39 is 5.92 Å². The molecule has 40 heavy (non-hydrogen) atoms. The first-order valence-electron chi connectivity index (χ1n) is 14.3. The fraction of sp³-hybridized carbons (Fsp3) is 0.406. The average Bonchev–Trinajstić information content (AvgIpc) is 3.57.